The minimum absolute atomic E-state index is 0.502. The van der Waals surface area contributed by atoms with Crippen LogP contribution in [0.3, 0.4) is 0 Å². The third kappa shape index (κ3) is 2.53. The number of hydrogen-bond acceptors (Lipinski definition) is 1. The molecule has 86 valence electrons. The van der Waals surface area contributed by atoms with Crippen molar-refractivity contribution in [3.8, 4) is 0 Å². The summed E-state index contributed by atoms with van der Waals surface area (Å²) < 4.78 is 0. The van der Waals surface area contributed by atoms with Crippen molar-refractivity contribution in [1.29, 1.82) is 0 Å². The minimum atomic E-state index is -0.898. The third-order valence-electron chi connectivity index (χ3n) is 2.87. The lowest BCUT2D eigenvalue weighted by molar-refractivity contribution is -0.143. The van der Waals surface area contributed by atoms with Gasteiger partial charge in [0.15, 0.2) is 0 Å². The maximum Gasteiger partial charge on any atom is 0.317 e. The molecule has 2 rings (SSSR count). The Kier molecular flexibility index (Phi) is 3.24. The van der Waals surface area contributed by atoms with Crippen molar-refractivity contribution in [3.63, 3.8) is 0 Å². The summed E-state index contributed by atoms with van der Waals surface area (Å²) >= 11 is 0. The lowest BCUT2D eigenvalue weighted by Gasteiger charge is -2.22. The Hall–Kier alpha value is -2.09. The van der Waals surface area contributed by atoms with E-state index in [1.807, 2.05) is 48.6 Å². The molecular formula is C15H14O2. The zero-order valence-corrected chi connectivity index (χ0v) is 9.41. The second kappa shape index (κ2) is 4.83. The first-order chi connectivity index (χ1) is 8.23. The Morgan fingerprint density at radius 3 is 2.59 bits per heavy atom. The highest BCUT2D eigenvalue weighted by molar-refractivity contribution is 5.82. The van der Waals surface area contributed by atoms with Crippen LogP contribution in [0.15, 0.2) is 60.7 Å². The summed E-state index contributed by atoms with van der Waals surface area (Å²) in [6.07, 6.45) is 11.4. The first-order valence-corrected chi connectivity index (χ1v) is 5.55. The van der Waals surface area contributed by atoms with Crippen molar-refractivity contribution in [2.75, 3.05) is 0 Å². The van der Waals surface area contributed by atoms with Gasteiger partial charge in [0.25, 0.3) is 0 Å². The summed E-state index contributed by atoms with van der Waals surface area (Å²) in [7, 11) is 0. The van der Waals surface area contributed by atoms with Crippen LogP contribution in [0.5, 0.6) is 0 Å². The standard InChI is InChI=1S/C15H14O2/c16-14(17)15(10-5-2-6-11-15)12-9-13-7-3-1-4-8-13/h1-10,12H,11H2,(H,16,17). The predicted octanol–water partition coefficient (Wildman–Crippen LogP) is 3.29. The molecule has 0 aromatic heterocycles. The van der Waals surface area contributed by atoms with Gasteiger partial charge in [-0.3, -0.25) is 4.79 Å². The zero-order valence-electron chi connectivity index (χ0n) is 9.41. The molecule has 1 aromatic carbocycles. The van der Waals surface area contributed by atoms with Crippen LogP contribution in [0.2, 0.25) is 0 Å². The molecule has 0 saturated heterocycles. The number of carboxylic acids is 1. The second-order valence-corrected chi connectivity index (χ2v) is 4.08. The highest BCUT2D eigenvalue weighted by Crippen LogP contribution is 2.30. The van der Waals surface area contributed by atoms with Crippen LogP contribution in [0.4, 0.5) is 0 Å². The van der Waals surface area contributed by atoms with Crippen molar-refractivity contribution in [3.05, 3.63) is 66.3 Å². The SMILES string of the molecule is O=C(O)C1(C=Cc2ccccc2)C=CC=CC1. The quantitative estimate of drug-likeness (QED) is 0.858. The summed E-state index contributed by atoms with van der Waals surface area (Å²) in [5.74, 6) is -0.815. The average molecular weight is 226 g/mol. The molecule has 0 aliphatic heterocycles. The maximum atomic E-state index is 11.4. The molecule has 0 bridgehead atoms. The molecular weight excluding hydrogens is 212 g/mol. The van der Waals surface area contributed by atoms with E-state index in [0.717, 1.165) is 5.56 Å². The zero-order chi connectivity index (χ0) is 12.1. The fourth-order valence-corrected chi connectivity index (χ4v) is 1.80. The fraction of sp³-hybridized carbons (Fsp3) is 0.133. The highest BCUT2D eigenvalue weighted by atomic mass is 16.4. The van der Waals surface area contributed by atoms with E-state index in [9.17, 15) is 9.90 Å². The number of carboxylic acid groups (broad SMARTS) is 1. The molecule has 1 N–H and O–H groups in total. The summed E-state index contributed by atoms with van der Waals surface area (Å²) in [5.41, 5.74) is 0.112. The molecule has 0 radical (unpaired) electrons. The van der Waals surface area contributed by atoms with E-state index in [2.05, 4.69) is 0 Å². The van der Waals surface area contributed by atoms with Gasteiger partial charge in [-0.15, -0.1) is 0 Å². The van der Waals surface area contributed by atoms with Gasteiger partial charge in [0.05, 0.1) is 0 Å². The van der Waals surface area contributed by atoms with Crippen molar-refractivity contribution in [1.82, 2.24) is 0 Å². The molecule has 0 fully saturated rings. The number of hydrogen-bond donors (Lipinski definition) is 1. The Morgan fingerprint density at radius 2 is 2.00 bits per heavy atom. The van der Waals surface area contributed by atoms with Crippen LogP contribution >= 0.6 is 0 Å². The number of benzene rings is 1. The van der Waals surface area contributed by atoms with Crippen molar-refractivity contribution in [2.24, 2.45) is 5.41 Å². The molecule has 17 heavy (non-hydrogen) atoms. The molecule has 0 amide bonds. The van der Waals surface area contributed by atoms with Gasteiger partial charge in [0.2, 0.25) is 0 Å². The van der Waals surface area contributed by atoms with Crippen LogP contribution in [0, 0.1) is 5.41 Å². The van der Waals surface area contributed by atoms with Gasteiger partial charge >= 0.3 is 5.97 Å². The van der Waals surface area contributed by atoms with E-state index in [0.29, 0.717) is 6.42 Å². The smallest absolute Gasteiger partial charge is 0.317 e. The Labute approximate surface area is 101 Å². The maximum absolute atomic E-state index is 11.4. The normalized spacial score (nSPS) is 23.1. The summed E-state index contributed by atoms with van der Waals surface area (Å²) in [6, 6.07) is 9.71. The molecule has 0 heterocycles. The number of carbonyl (C=O) groups is 1. The molecule has 1 atom stereocenters. The summed E-state index contributed by atoms with van der Waals surface area (Å²) in [6.45, 7) is 0. The monoisotopic (exact) mass is 226 g/mol. The van der Waals surface area contributed by atoms with Gasteiger partial charge in [-0.25, -0.2) is 0 Å². The van der Waals surface area contributed by atoms with Crippen molar-refractivity contribution < 1.29 is 9.90 Å². The van der Waals surface area contributed by atoms with E-state index in [1.54, 1.807) is 18.2 Å². The minimum Gasteiger partial charge on any atom is -0.480 e. The Bertz CT molecular complexity index is 483. The Morgan fingerprint density at radius 1 is 1.24 bits per heavy atom. The van der Waals surface area contributed by atoms with Gasteiger partial charge in [-0.05, 0) is 12.0 Å². The van der Waals surface area contributed by atoms with Crippen LogP contribution < -0.4 is 0 Å². The van der Waals surface area contributed by atoms with E-state index in [-0.39, 0.29) is 0 Å². The highest BCUT2D eigenvalue weighted by Gasteiger charge is 2.32. The topological polar surface area (TPSA) is 37.3 Å². The molecule has 0 saturated carbocycles. The van der Waals surface area contributed by atoms with Gasteiger partial charge in [0, 0.05) is 0 Å². The molecule has 2 heteroatoms. The molecule has 1 unspecified atom stereocenters. The molecule has 1 aromatic rings. The Balaban J connectivity index is 2.25. The summed E-state index contributed by atoms with van der Waals surface area (Å²) in [5, 5.41) is 9.33. The van der Waals surface area contributed by atoms with Gasteiger partial charge in [-0.1, -0.05) is 66.8 Å². The number of aliphatic carboxylic acids is 1. The van der Waals surface area contributed by atoms with E-state index >= 15 is 0 Å². The molecule has 1 aliphatic rings. The lowest BCUT2D eigenvalue weighted by Crippen LogP contribution is -2.26. The van der Waals surface area contributed by atoms with Crippen molar-refractivity contribution in [2.45, 2.75) is 6.42 Å². The molecule has 0 spiro atoms. The van der Waals surface area contributed by atoms with Crippen molar-refractivity contribution >= 4 is 12.0 Å². The van der Waals surface area contributed by atoms with Gasteiger partial charge in [-0.2, -0.15) is 0 Å². The fourth-order valence-electron chi connectivity index (χ4n) is 1.80. The molecule has 2 nitrogen and oxygen atoms in total. The third-order valence-corrected chi connectivity index (χ3v) is 2.87. The number of rotatable bonds is 3. The first-order valence-electron chi connectivity index (χ1n) is 5.55. The van der Waals surface area contributed by atoms with Crippen LogP contribution in [-0.2, 0) is 4.79 Å². The van der Waals surface area contributed by atoms with Crippen LogP contribution in [0.25, 0.3) is 6.08 Å². The van der Waals surface area contributed by atoms with E-state index in [4.69, 9.17) is 0 Å². The predicted molar refractivity (Wildman–Crippen MR) is 68.4 cm³/mol. The average Bonchev–Trinajstić information content (AvgIpc) is 2.38. The number of allylic oxidation sites excluding steroid dienone is 3. The first kappa shape index (κ1) is 11.4. The van der Waals surface area contributed by atoms with E-state index < -0.39 is 11.4 Å². The lowest BCUT2D eigenvalue weighted by atomic mass is 9.81. The second-order valence-electron chi connectivity index (χ2n) is 4.08. The van der Waals surface area contributed by atoms with Gasteiger partial charge < -0.3 is 5.11 Å². The van der Waals surface area contributed by atoms with Crippen LogP contribution in [0.1, 0.15) is 12.0 Å². The van der Waals surface area contributed by atoms with Crippen LogP contribution in [-0.4, -0.2) is 11.1 Å². The largest absolute Gasteiger partial charge is 0.480 e. The molecule has 1 aliphatic carbocycles. The van der Waals surface area contributed by atoms with E-state index in [1.165, 1.54) is 0 Å². The van der Waals surface area contributed by atoms with Gasteiger partial charge in [0.1, 0.15) is 5.41 Å². The summed E-state index contributed by atoms with van der Waals surface area (Å²) in [4.78, 5) is 11.4.